The van der Waals surface area contributed by atoms with Gasteiger partial charge in [0.15, 0.2) is 11.5 Å². The van der Waals surface area contributed by atoms with Crippen LogP contribution in [0.15, 0.2) is 36.4 Å². The molecule has 2 rings (SSSR count). The summed E-state index contributed by atoms with van der Waals surface area (Å²) >= 11 is 0. The fraction of sp³-hybridized carbons (Fsp3) is 0.429. The van der Waals surface area contributed by atoms with Crippen LogP contribution >= 0.6 is 0 Å². The van der Waals surface area contributed by atoms with Crippen molar-refractivity contribution in [1.82, 2.24) is 0 Å². The number of methoxy groups -OCH3 is 2. The first kappa shape index (κ1) is 19.1. The van der Waals surface area contributed by atoms with E-state index in [0.29, 0.717) is 6.54 Å². The van der Waals surface area contributed by atoms with Crippen molar-refractivity contribution in [3.05, 3.63) is 53.1 Å². The first-order chi connectivity index (χ1) is 12.0. The Morgan fingerprint density at radius 2 is 1.60 bits per heavy atom. The molecule has 1 unspecified atom stereocenters. The summed E-state index contributed by atoms with van der Waals surface area (Å²) in [6, 6.07) is 12.3. The fourth-order valence-corrected chi connectivity index (χ4v) is 2.97. The Morgan fingerprint density at radius 1 is 0.920 bits per heavy atom. The Hall–Kier alpha value is -2.20. The van der Waals surface area contributed by atoms with Gasteiger partial charge in [0.2, 0.25) is 0 Å². The molecule has 136 valence electrons. The molecule has 4 nitrogen and oxygen atoms in total. The molecule has 0 aliphatic carbocycles. The average Bonchev–Trinajstić information content (AvgIpc) is 2.59. The van der Waals surface area contributed by atoms with Gasteiger partial charge in [0, 0.05) is 5.92 Å². The van der Waals surface area contributed by atoms with Crippen molar-refractivity contribution < 1.29 is 14.2 Å². The van der Waals surface area contributed by atoms with E-state index in [1.807, 2.05) is 32.0 Å². The van der Waals surface area contributed by atoms with Crippen LogP contribution < -0.4 is 19.9 Å². The van der Waals surface area contributed by atoms with Crippen molar-refractivity contribution in [3.8, 4) is 17.2 Å². The maximum absolute atomic E-state index is 6.09. The summed E-state index contributed by atoms with van der Waals surface area (Å²) in [5.41, 5.74) is 9.60. The minimum Gasteiger partial charge on any atom is -0.496 e. The predicted octanol–water partition coefficient (Wildman–Crippen LogP) is 4.08. The van der Waals surface area contributed by atoms with Crippen molar-refractivity contribution in [2.24, 2.45) is 5.73 Å². The number of nitrogens with two attached hydrogens (primary N) is 1. The normalized spacial score (nSPS) is 12.1. The second-order valence-corrected chi connectivity index (χ2v) is 6.53. The smallest absolute Gasteiger partial charge is 0.161 e. The Bertz CT molecular complexity index is 698. The van der Waals surface area contributed by atoms with Crippen LogP contribution in [-0.4, -0.2) is 26.9 Å². The van der Waals surface area contributed by atoms with E-state index >= 15 is 0 Å². The first-order valence-corrected chi connectivity index (χ1v) is 8.66. The summed E-state index contributed by atoms with van der Waals surface area (Å²) in [5, 5.41) is 0. The maximum atomic E-state index is 6.09. The highest BCUT2D eigenvalue weighted by Gasteiger charge is 2.17. The lowest BCUT2D eigenvalue weighted by molar-refractivity contribution is 0.230. The highest BCUT2D eigenvalue weighted by molar-refractivity contribution is 5.45. The Balaban J connectivity index is 2.31. The van der Waals surface area contributed by atoms with Crippen molar-refractivity contribution in [1.29, 1.82) is 0 Å². The highest BCUT2D eigenvalue weighted by Crippen LogP contribution is 2.33. The molecule has 0 amide bonds. The molecule has 0 bridgehead atoms. The van der Waals surface area contributed by atoms with E-state index in [4.69, 9.17) is 19.9 Å². The van der Waals surface area contributed by atoms with E-state index in [1.54, 1.807) is 14.2 Å². The molecule has 0 saturated heterocycles. The molecular weight excluding hydrogens is 314 g/mol. The summed E-state index contributed by atoms with van der Waals surface area (Å²) in [6.07, 6.45) is 0.903. The summed E-state index contributed by atoms with van der Waals surface area (Å²) in [7, 11) is 3.35. The van der Waals surface area contributed by atoms with Gasteiger partial charge in [-0.15, -0.1) is 0 Å². The largest absolute Gasteiger partial charge is 0.496 e. The molecule has 1 atom stereocenters. The molecule has 2 aromatic carbocycles. The van der Waals surface area contributed by atoms with Crippen LogP contribution in [0.25, 0.3) is 0 Å². The topological polar surface area (TPSA) is 53.7 Å². The number of hydrogen-bond acceptors (Lipinski definition) is 4. The predicted molar refractivity (Wildman–Crippen MR) is 102 cm³/mol. The number of aryl methyl sites for hydroxylation is 1. The fourth-order valence-electron chi connectivity index (χ4n) is 2.97. The van der Waals surface area contributed by atoms with Crippen LogP contribution in [0, 0.1) is 6.92 Å². The van der Waals surface area contributed by atoms with Crippen molar-refractivity contribution >= 4 is 0 Å². The van der Waals surface area contributed by atoms with Crippen molar-refractivity contribution in [2.75, 3.05) is 20.8 Å². The van der Waals surface area contributed by atoms with Crippen molar-refractivity contribution in [3.63, 3.8) is 0 Å². The van der Waals surface area contributed by atoms with Gasteiger partial charge in [0.25, 0.3) is 0 Å². The molecular formula is C21H29NO3. The molecule has 0 aliphatic rings. The molecule has 0 heterocycles. The summed E-state index contributed by atoms with van der Waals surface area (Å²) in [4.78, 5) is 0. The second-order valence-electron chi connectivity index (χ2n) is 6.53. The lowest BCUT2D eigenvalue weighted by atomic mass is 9.90. The molecule has 25 heavy (non-hydrogen) atoms. The van der Waals surface area contributed by atoms with E-state index in [-0.39, 0.29) is 12.0 Å². The second kappa shape index (κ2) is 8.77. The van der Waals surface area contributed by atoms with Crippen molar-refractivity contribution in [2.45, 2.75) is 39.2 Å². The minimum absolute atomic E-state index is 0.0892. The van der Waals surface area contributed by atoms with Gasteiger partial charge in [0.1, 0.15) is 5.75 Å². The lowest BCUT2D eigenvalue weighted by Crippen LogP contribution is -2.16. The zero-order chi connectivity index (χ0) is 18.4. The average molecular weight is 343 g/mol. The van der Waals surface area contributed by atoms with Crippen LogP contribution in [-0.2, 0) is 6.42 Å². The third-order valence-electron chi connectivity index (χ3n) is 4.18. The standard InChI is InChI=1S/C21H29NO3/c1-14(2)25-21-12-16(7-9-20(21)24-5)11-17(13-22)18-10-15(3)6-8-19(18)23-4/h6-10,12,14,17H,11,13,22H2,1-5H3. The summed E-state index contributed by atoms with van der Waals surface area (Å²) < 4.78 is 16.8. The Kier molecular flexibility index (Phi) is 6.71. The van der Waals surface area contributed by atoms with E-state index in [9.17, 15) is 0 Å². The molecule has 2 N–H and O–H groups in total. The lowest BCUT2D eigenvalue weighted by Gasteiger charge is -2.20. The van der Waals surface area contributed by atoms with E-state index in [2.05, 4.69) is 25.1 Å². The molecule has 0 aromatic heterocycles. The monoisotopic (exact) mass is 343 g/mol. The Labute approximate surface area is 150 Å². The SMILES string of the molecule is COc1ccc(CC(CN)c2cc(C)ccc2OC)cc1OC(C)C. The zero-order valence-corrected chi connectivity index (χ0v) is 15.8. The third-order valence-corrected chi connectivity index (χ3v) is 4.18. The summed E-state index contributed by atoms with van der Waals surface area (Å²) in [5.74, 6) is 2.57. The van der Waals surface area contributed by atoms with Gasteiger partial charge in [-0.1, -0.05) is 23.8 Å². The molecule has 0 fully saturated rings. The summed E-state index contributed by atoms with van der Waals surface area (Å²) in [6.45, 7) is 6.64. The van der Waals surface area contributed by atoms with Gasteiger partial charge in [-0.25, -0.2) is 0 Å². The number of hydrogen-bond donors (Lipinski definition) is 1. The van der Waals surface area contributed by atoms with Gasteiger partial charge in [-0.05, 0) is 63.1 Å². The molecule has 0 saturated carbocycles. The van der Waals surface area contributed by atoms with E-state index in [0.717, 1.165) is 34.8 Å². The van der Waals surface area contributed by atoms with Crippen LogP contribution in [0.3, 0.4) is 0 Å². The first-order valence-electron chi connectivity index (χ1n) is 8.66. The van der Waals surface area contributed by atoms with Crippen LogP contribution in [0.5, 0.6) is 17.2 Å². The molecule has 0 spiro atoms. The van der Waals surface area contributed by atoms with Crippen LogP contribution in [0.1, 0.15) is 36.5 Å². The van der Waals surface area contributed by atoms with E-state index < -0.39 is 0 Å². The van der Waals surface area contributed by atoms with Crippen LogP contribution in [0.4, 0.5) is 0 Å². The van der Waals surface area contributed by atoms with Gasteiger partial charge >= 0.3 is 0 Å². The Morgan fingerprint density at radius 3 is 2.20 bits per heavy atom. The van der Waals surface area contributed by atoms with Gasteiger partial charge < -0.3 is 19.9 Å². The molecule has 4 heteroatoms. The number of rotatable bonds is 8. The minimum atomic E-state index is 0.0892. The van der Waals surface area contributed by atoms with Gasteiger partial charge in [-0.3, -0.25) is 0 Å². The number of ether oxygens (including phenoxy) is 3. The number of benzene rings is 2. The maximum Gasteiger partial charge on any atom is 0.161 e. The molecule has 2 aromatic rings. The quantitative estimate of drug-likeness (QED) is 0.784. The zero-order valence-electron chi connectivity index (χ0n) is 15.8. The molecule has 0 aliphatic heterocycles. The van der Waals surface area contributed by atoms with E-state index in [1.165, 1.54) is 5.56 Å². The third kappa shape index (κ3) is 4.89. The molecule has 0 radical (unpaired) electrons. The van der Waals surface area contributed by atoms with Gasteiger partial charge in [-0.2, -0.15) is 0 Å². The van der Waals surface area contributed by atoms with Gasteiger partial charge in [0.05, 0.1) is 20.3 Å². The highest BCUT2D eigenvalue weighted by atomic mass is 16.5. The van der Waals surface area contributed by atoms with Crippen LogP contribution in [0.2, 0.25) is 0 Å².